The van der Waals surface area contributed by atoms with Crippen molar-refractivity contribution in [3.63, 3.8) is 0 Å². The number of amides is 1. The first-order valence-corrected chi connectivity index (χ1v) is 8.41. The molecule has 1 aromatic carbocycles. The summed E-state index contributed by atoms with van der Waals surface area (Å²) in [5, 5.41) is 6.39. The third-order valence-electron chi connectivity index (χ3n) is 3.82. The minimum Gasteiger partial charge on any atom is -0.483 e. The number of carbonyl (C=O) groups excluding carboxylic acids is 1. The van der Waals surface area contributed by atoms with Crippen LogP contribution in [0.5, 0.6) is 5.75 Å². The van der Waals surface area contributed by atoms with Crippen LogP contribution in [0.2, 0.25) is 0 Å². The Balaban J connectivity index is 1.50. The van der Waals surface area contributed by atoms with Crippen LogP contribution in [-0.2, 0) is 11.3 Å². The van der Waals surface area contributed by atoms with E-state index in [1.54, 1.807) is 0 Å². The van der Waals surface area contributed by atoms with Crippen molar-refractivity contribution in [3.05, 3.63) is 28.2 Å². The van der Waals surface area contributed by atoms with E-state index in [-0.39, 0.29) is 12.5 Å². The molecule has 0 unspecified atom stereocenters. The first-order chi connectivity index (χ1) is 10.2. The molecule has 3 rings (SSSR count). The molecule has 0 aromatic heterocycles. The fourth-order valence-corrected chi connectivity index (χ4v) is 2.55. The summed E-state index contributed by atoms with van der Waals surface area (Å²) < 4.78 is 6.71. The molecule has 1 amide bonds. The lowest BCUT2D eigenvalue weighted by Crippen LogP contribution is -2.30. The fraction of sp³-hybridized carbons (Fsp3) is 0.562. The molecule has 1 aromatic rings. The van der Waals surface area contributed by atoms with Crippen molar-refractivity contribution in [1.82, 2.24) is 10.6 Å². The molecule has 0 aliphatic heterocycles. The second kappa shape index (κ2) is 6.79. The lowest BCUT2D eigenvalue weighted by Gasteiger charge is -2.12. The van der Waals surface area contributed by atoms with Gasteiger partial charge >= 0.3 is 0 Å². The first-order valence-electron chi connectivity index (χ1n) is 7.62. The molecular weight excluding hydrogens is 332 g/mol. The summed E-state index contributed by atoms with van der Waals surface area (Å²) in [5.41, 5.74) is 1.09. The standard InChI is InChI=1S/C16H21BrN2O2/c17-13-3-6-15(12(7-13)9-18-14-4-5-14)21-10-16(20)19-8-11-1-2-11/h3,6-7,11,14,18H,1-2,4-5,8-10H2,(H,19,20). The summed E-state index contributed by atoms with van der Waals surface area (Å²) in [6.45, 7) is 1.66. The Morgan fingerprint density at radius 1 is 1.29 bits per heavy atom. The third kappa shape index (κ3) is 5.00. The van der Waals surface area contributed by atoms with Crippen molar-refractivity contribution in [2.24, 2.45) is 5.92 Å². The summed E-state index contributed by atoms with van der Waals surface area (Å²) in [7, 11) is 0. The molecule has 0 spiro atoms. The van der Waals surface area contributed by atoms with Crippen molar-refractivity contribution >= 4 is 21.8 Å². The quantitative estimate of drug-likeness (QED) is 0.755. The Hall–Kier alpha value is -1.07. The van der Waals surface area contributed by atoms with Crippen LogP contribution in [0.1, 0.15) is 31.2 Å². The summed E-state index contributed by atoms with van der Waals surface area (Å²) in [4.78, 5) is 11.7. The van der Waals surface area contributed by atoms with Gasteiger partial charge in [0.25, 0.3) is 5.91 Å². The zero-order chi connectivity index (χ0) is 14.7. The number of nitrogens with one attached hydrogen (secondary N) is 2. The second-order valence-corrected chi connectivity index (χ2v) is 6.86. The van der Waals surface area contributed by atoms with E-state index >= 15 is 0 Å². The van der Waals surface area contributed by atoms with Crippen LogP contribution in [0.15, 0.2) is 22.7 Å². The monoisotopic (exact) mass is 352 g/mol. The largest absolute Gasteiger partial charge is 0.483 e. The van der Waals surface area contributed by atoms with Gasteiger partial charge < -0.3 is 15.4 Å². The number of carbonyl (C=O) groups is 1. The summed E-state index contributed by atoms with van der Waals surface area (Å²) >= 11 is 3.48. The molecule has 5 heteroatoms. The van der Waals surface area contributed by atoms with Gasteiger partial charge in [0.1, 0.15) is 5.75 Å². The highest BCUT2D eigenvalue weighted by Gasteiger charge is 2.22. The highest BCUT2D eigenvalue weighted by molar-refractivity contribution is 9.10. The van der Waals surface area contributed by atoms with E-state index in [0.717, 1.165) is 28.9 Å². The SMILES string of the molecule is O=C(COc1ccc(Br)cc1CNC1CC1)NCC1CC1. The maximum Gasteiger partial charge on any atom is 0.257 e. The van der Waals surface area contributed by atoms with E-state index in [1.807, 2.05) is 18.2 Å². The van der Waals surface area contributed by atoms with Crippen LogP contribution in [0, 0.1) is 5.92 Å². The first kappa shape index (κ1) is 14.9. The molecule has 2 N–H and O–H groups in total. The highest BCUT2D eigenvalue weighted by atomic mass is 79.9. The molecule has 0 heterocycles. The zero-order valence-electron chi connectivity index (χ0n) is 12.0. The van der Waals surface area contributed by atoms with Crippen molar-refractivity contribution in [1.29, 1.82) is 0 Å². The smallest absolute Gasteiger partial charge is 0.257 e. The molecule has 2 aliphatic rings. The van der Waals surface area contributed by atoms with E-state index in [9.17, 15) is 4.79 Å². The van der Waals surface area contributed by atoms with Crippen LogP contribution in [-0.4, -0.2) is 25.1 Å². The lowest BCUT2D eigenvalue weighted by molar-refractivity contribution is -0.123. The Kier molecular flexibility index (Phi) is 4.80. The molecule has 114 valence electrons. The molecule has 4 nitrogen and oxygen atoms in total. The van der Waals surface area contributed by atoms with Gasteiger partial charge in [0.15, 0.2) is 6.61 Å². The van der Waals surface area contributed by atoms with Crippen LogP contribution >= 0.6 is 15.9 Å². The Labute approximate surface area is 133 Å². The molecule has 2 saturated carbocycles. The lowest BCUT2D eigenvalue weighted by atomic mass is 10.2. The van der Waals surface area contributed by atoms with Crippen LogP contribution in [0.25, 0.3) is 0 Å². The second-order valence-electron chi connectivity index (χ2n) is 5.94. The minimum absolute atomic E-state index is 0.0362. The maximum absolute atomic E-state index is 11.7. The van der Waals surface area contributed by atoms with Gasteiger partial charge in [-0.3, -0.25) is 4.79 Å². The summed E-state index contributed by atoms with van der Waals surface area (Å²) in [6.07, 6.45) is 5.00. The normalized spacial score (nSPS) is 17.6. The zero-order valence-corrected chi connectivity index (χ0v) is 13.6. The van der Waals surface area contributed by atoms with Crippen LogP contribution < -0.4 is 15.4 Å². The Morgan fingerprint density at radius 2 is 2.10 bits per heavy atom. The van der Waals surface area contributed by atoms with Crippen molar-refractivity contribution in [2.45, 2.75) is 38.3 Å². The van der Waals surface area contributed by atoms with Crippen molar-refractivity contribution in [2.75, 3.05) is 13.2 Å². The van der Waals surface area contributed by atoms with E-state index < -0.39 is 0 Å². The summed E-state index contributed by atoms with van der Waals surface area (Å²) in [5.74, 6) is 1.44. The predicted octanol–water partition coefficient (Wildman–Crippen LogP) is 2.61. The highest BCUT2D eigenvalue weighted by Crippen LogP contribution is 2.27. The molecule has 0 atom stereocenters. The molecule has 21 heavy (non-hydrogen) atoms. The Bertz CT molecular complexity index is 513. The van der Waals surface area contributed by atoms with Gasteiger partial charge in [-0.1, -0.05) is 15.9 Å². The number of ether oxygens (including phenoxy) is 1. The molecule has 2 fully saturated rings. The molecule has 0 saturated heterocycles. The van der Waals surface area contributed by atoms with E-state index in [1.165, 1.54) is 25.7 Å². The molecule has 0 bridgehead atoms. The number of rotatable bonds is 8. The predicted molar refractivity (Wildman–Crippen MR) is 85.2 cm³/mol. The van der Waals surface area contributed by atoms with E-state index in [0.29, 0.717) is 12.0 Å². The number of halogens is 1. The number of benzene rings is 1. The van der Waals surface area contributed by atoms with Crippen molar-refractivity contribution in [3.8, 4) is 5.75 Å². The Morgan fingerprint density at radius 3 is 2.81 bits per heavy atom. The van der Waals surface area contributed by atoms with E-state index in [2.05, 4.69) is 26.6 Å². The van der Waals surface area contributed by atoms with Gasteiger partial charge in [-0.2, -0.15) is 0 Å². The van der Waals surface area contributed by atoms with Gasteiger partial charge in [0.2, 0.25) is 0 Å². The topological polar surface area (TPSA) is 50.4 Å². The third-order valence-corrected chi connectivity index (χ3v) is 4.32. The van der Waals surface area contributed by atoms with Crippen molar-refractivity contribution < 1.29 is 9.53 Å². The van der Waals surface area contributed by atoms with Gasteiger partial charge in [0.05, 0.1) is 0 Å². The maximum atomic E-state index is 11.7. The average Bonchev–Trinajstić information content (AvgIpc) is 3.36. The fourth-order valence-electron chi connectivity index (χ4n) is 2.14. The van der Waals surface area contributed by atoms with E-state index in [4.69, 9.17) is 4.74 Å². The van der Waals surface area contributed by atoms with Gasteiger partial charge in [-0.05, 0) is 49.8 Å². The molecular formula is C16H21BrN2O2. The van der Waals surface area contributed by atoms with Crippen LogP contribution in [0.3, 0.4) is 0 Å². The summed E-state index contributed by atoms with van der Waals surface area (Å²) in [6, 6.07) is 6.56. The number of hydrogen-bond donors (Lipinski definition) is 2. The minimum atomic E-state index is -0.0362. The average molecular weight is 353 g/mol. The molecule has 0 radical (unpaired) electrons. The molecule has 2 aliphatic carbocycles. The van der Waals surface area contributed by atoms with Gasteiger partial charge in [-0.25, -0.2) is 0 Å². The van der Waals surface area contributed by atoms with Crippen LogP contribution in [0.4, 0.5) is 0 Å². The van der Waals surface area contributed by atoms with Gasteiger partial charge in [-0.15, -0.1) is 0 Å². The van der Waals surface area contributed by atoms with Gasteiger partial charge in [0, 0.05) is 29.2 Å². The number of hydrogen-bond acceptors (Lipinski definition) is 3.